The summed E-state index contributed by atoms with van der Waals surface area (Å²) in [5.74, 6) is 2.13. The first-order chi connectivity index (χ1) is 15.1. The second-order valence-electron chi connectivity index (χ2n) is 7.65. The second-order valence-corrected chi connectivity index (χ2v) is 8.56. The van der Waals surface area contributed by atoms with Crippen LogP contribution in [0.3, 0.4) is 0 Å². The van der Waals surface area contributed by atoms with Gasteiger partial charge in [-0.3, -0.25) is 4.79 Å². The van der Waals surface area contributed by atoms with Gasteiger partial charge in [0, 0.05) is 22.2 Å². The van der Waals surface area contributed by atoms with Crippen molar-refractivity contribution in [2.75, 3.05) is 19.5 Å². The fourth-order valence-electron chi connectivity index (χ4n) is 4.48. The van der Waals surface area contributed by atoms with Crippen LogP contribution in [0.15, 0.2) is 64.5 Å². The Balaban J connectivity index is 1.56. The fraction of sp³-hybridized carbons (Fsp3) is 0.261. The van der Waals surface area contributed by atoms with E-state index in [-0.39, 0.29) is 17.7 Å². The van der Waals surface area contributed by atoms with E-state index >= 15 is 0 Å². The van der Waals surface area contributed by atoms with Crippen LogP contribution in [0.5, 0.6) is 11.5 Å². The van der Waals surface area contributed by atoms with Crippen LogP contribution in [0.4, 0.5) is 5.95 Å². The van der Waals surface area contributed by atoms with E-state index in [9.17, 15) is 4.79 Å². The van der Waals surface area contributed by atoms with Crippen molar-refractivity contribution < 1.29 is 14.3 Å². The number of nitrogens with one attached hydrogen (secondary N) is 1. The number of benzene rings is 2. The van der Waals surface area contributed by atoms with Crippen LogP contribution in [0.2, 0.25) is 0 Å². The molecular formula is C23H21BrN4O3. The number of hydrogen-bond acceptors (Lipinski definition) is 6. The Hall–Kier alpha value is -3.13. The summed E-state index contributed by atoms with van der Waals surface area (Å²) < 4.78 is 13.6. The van der Waals surface area contributed by atoms with Gasteiger partial charge in [-0.2, -0.15) is 10.1 Å². The number of aromatic nitrogens is 3. The standard InChI is InChI=1S/C23H21BrN4O3/c1-30-19-7-6-13(11-20(19)31-2)15-9-17-21(18(29)10-15)22(14-4-3-5-16(24)8-14)28-23(27-17)25-12-26-28/h3-8,11-12,15,22H,9-10H2,1-2H3,(H,25,26,27)/t15-,22-/m0/s1. The third-order valence-corrected chi connectivity index (χ3v) is 6.40. The minimum absolute atomic E-state index is 0.0381. The van der Waals surface area contributed by atoms with Crippen molar-refractivity contribution in [3.8, 4) is 11.5 Å². The van der Waals surface area contributed by atoms with Crippen molar-refractivity contribution >= 4 is 27.7 Å². The van der Waals surface area contributed by atoms with Gasteiger partial charge in [-0.1, -0.05) is 34.1 Å². The number of hydrogen-bond donors (Lipinski definition) is 1. The molecule has 8 heteroatoms. The molecule has 0 amide bonds. The van der Waals surface area contributed by atoms with Crippen molar-refractivity contribution in [2.24, 2.45) is 0 Å². The zero-order valence-electron chi connectivity index (χ0n) is 17.1. The van der Waals surface area contributed by atoms with Crippen molar-refractivity contribution in [3.63, 3.8) is 0 Å². The van der Waals surface area contributed by atoms with Crippen molar-refractivity contribution in [1.82, 2.24) is 14.8 Å². The second kappa shape index (κ2) is 7.85. The van der Waals surface area contributed by atoms with Crippen LogP contribution in [0.1, 0.15) is 35.9 Å². The van der Waals surface area contributed by atoms with Gasteiger partial charge >= 0.3 is 0 Å². The number of ketones is 1. The number of carbonyl (C=O) groups is 1. The highest BCUT2D eigenvalue weighted by Crippen LogP contribution is 2.45. The minimum Gasteiger partial charge on any atom is -0.493 e. The first kappa shape index (κ1) is 19.8. The lowest BCUT2D eigenvalue weighted by atomic mass is 9.78. The van der Waals surface area contributed by atoms with E-state index < -0.39 is 0 Å². The van der Waals surface area contributed by atoms with Gasteiger partial charge < -0.3 is 14.8 Å². The number of anilines is 1. The van der Waals surface area contributed by atoms with Gasteiger partial charge in [0.25, 0.3) is 0 Å². The topological polar surface area (TPSA) is 78.3 Å². The Bertz CT molecular complexity index is 1200. The number of methoxy groups -OCH3 is 2. The van der Waals surface area contributed by atoms with E-state index in [0.29, 0.717) is 30.3 Å². The SMILES string of the molecule is COc1ccc([C@@H]2CC(=O)C3=C(C2)Nc2ncnn2[C@H]3c2cccc(Br)c2)cc1OC. The summed E-state index contributed by atoms with van der Waals surface area (Å²) in [7, 11) is 3.23. The normalized spacial score (nSPS) is 20.0. The molecule has 2 heterocycles. The van der Waals surface area contributed by atoms with Crippen LogP contribution in [0, 0.1) is 0 Å². The Labute approximate surface area is 188 Å². The predicted octanol–water partition coefficient (Wildman–Crippen LogP) is 4.47. The highest BCUT2D eigenvalue weighted by atomic mass is 79.9. The molecule has 2 atom stereocenters. The molecule has 1 aliphatic carbocycles. The molecule has 3 aromatic rings. The molecule has 0 saturated carbocycles. The van der Waals surface area contributed by atoms with Gasteiger partial charge in [0.2, 0.25) is 5.95 Å². The zero-order valence-corrected chi connectivity index (χ0v) is 18.7. The summed E-state index contributed by atoms with van der Waals surface area (Å²) in [6, 6.07) is 13.5. The highest BCUT2D eigenvalue weighted by molar-refractivity contribution is 9.10. The van der Waals surface area contributed by atoms with Gasteiger partial charge in [0.1, 0.15) is 12.4 Å². The van der Waals surface area contributed by atoms with Gasteiger partial charge in [-0.05, 0) is 47.7 Å². The monoisotopic (exact) mass is 480 g/mol. The predicted molar refractivity (Wildman–Crippen MR) is 119 cm³/mol. The van der Waals surface area contributed by atoms with Crippen LogP contribution < -0.4 is 14.8 Å². The molecule has 2 aromatic carbocycles. The quantitative estimate of drug-likeness (QED) is 0.593. The summed E-state index contributed by atoms with van der Waals surface area (Å²) in [4.78, 5) is 17.8. The van der Waals surface area contributed by atoms with Crippen LogP contribution in [-0.2, 0) is 4.79 Å². The van der Waals surface area contributed by atoms with E-state index in [1.54, 1.807) is 18.9 Å². The summed E-state index contributed by atoms with van der Waals surface area (Å²) in [6.07, 6.45) is 2.64. The smallest absolute Gasteiger partial charge is 0.226 e. The maximum Gasteiger partial charge on any atom is 0.226 e. The third-order valence-electron chi connectivity index (χ3n) is 5.91. The molecule has 31 heavy (non-hydrogen) atoms. The molecule has 0 unspecified atom stereocenters. The van der Waals surface area contributed by atoms with Gasteiger partial charge in [-0.25, -0.2) is 4.68 Å². The van der Waals surface area contributed by atoms with E-state index in [2.05, 4.69) is 31.3 Å². The van der Waals surface area contributed by atoms with Gasteiger partial charge in [0.05, 0.1) is 14.2 Å². The molecule has 0 fully saturated rings. The Morgan fingerprint density at radius 2 is 1.90 bits per heavy atom. The maximum atomic E-state index is 13.5. The molecule has 2 aliphatic rings. The molecule has 158 valence electrons. The Morgan fingerprint density at radius 3 is 2.68 bits per heavy atom. The number of rotatable bonds is 4. The Morgan fingerprint density at radius 1 is 1.06 bits per heavy atom. The number of fused-ring (bicyclic) bond motifs is 1. The number of halogens is 1. The number of carbonyl (C=O) groups excluding carboxylic acids is 1. The molecule has 0 spiro atoms. The number of nitrogens with zero attached hydrogens (tertiary/aromatic N) is 3. The van der Waals surface area contributed by atoms with E-state index in [4.69, 9.17) is 9.47 Å². The first-order valence-electron chi connectivity index (χ1n) is 9.99. The van der Waals surface area contributed by atoms with Crippen molar-refractivity contribution in [2.45, 2.75) is 24.8 Å². The Kier molecular flexibility index (Phi) is 5.02. The first-order valence-corrected chi connectivity index (χ1v) is 10.8. The molecular weight excluding hydrogens is 460 g/mol. The van der Waals surface area contributed by atoms with E-state index in [1.165, 1.54) is 6.33 Å². The van der Waals surface area contributed by atoms with E-state index in [1.807, 2.05) is 42.5 Å². The summed E-state index contributed by atoms with van der Waals surface area (Å²) in [5, 5.41) is 7.75. The summed E-state index contributed by atoms with van der Waals surface area (Å²) in [5.41, 5.74) is 3.70. The molecule has 1 aromatic heterocycles. The molecule has 0 bridgehead atoms. The molecule has 1 aliphatic heterocycles. The summed E-state index contributed by atoms with van der Waals surface area (Å²) >= 11 is 3.54. The minimum atomic E-state index is -0.301. The molecule has 0 radical (unpaired) electrons. The average molecular weight is 481 g/mol. The van der Waals surface area contributed by atoms with Gasteiger partial charge in [0.15, 0.2) is 17.3 Å². The highest BCUT2D eigenvalue weighted by Gasteiger charge is 2.39. The largest absolute Gasteiger partial charge is 0.493 e. The lowest BCUT2D eigenvalue weighted by Gasteiger charge is -2.35. The zero-order chi connectivity index (χ0) is 21.5. The molecule has 7 nitrogen and oxygen atoms in total. The van der Waals surface area contributed by atoms with Crippen molar-refractivity contribution in [1.29, 1.82) is 0 Å². The van der Waals surface area contributed by atoms with Crippen LogP contribution >= 0.6 is 15.9 Å². The molecule has 1 N–H and O–H groups in total. The molecule has 0 saturated heterocycles. The number of allylic oxidation sites excluding steroid dienone is 2. The van der Waals surface area contributed by atoms with Crippen LogP contribution in [-0.4, -0.2) is 34.8 Å². The number of Topliss-reactive ketones (excluding diaryl/α,β-unsaturated/α-hetero) is 1. The molecule has 5 rings (SSSR count). The van der Waals surface area contributed by atoms with Gasteiger partial charge in [-0.15, -0.1) is 0 Å². The maximum absolute atomic E-state index is 13.5. The van der Waals surface area contributed by atoms with Crippen LogP contribution in [0.25, 0.3) is 0 Å². The fourth-order valence-corrected chi connectivity index (χ4v) is 4.90. The van der Waals surface area contributed by atoms with E-state index in [0.717, 1.165) is 26.9 Å². The third kappa shape index (κ3) is 3.40. The van der Waals surface area contributed by atoms with Crippen molar-refractivity contribution in [3.05, 3.63) is 75.7 Å². The summed E-state index contributed by atoms with van der Waals surface area (Å²) in [6.45, 7) is 0. The number of ether oxygens (including phenoxy) is 2. The lowest BCUT2D eigenvalue weighted by molar-refractivity contribution is -0.116. The lowest BCUT2D eigenvalue weighted by Crippen LogP contribution is -2.33. The average Bonchev–Trinajstić information content (AvgIpc) is 3.25.